The number of hydrogen-bond acceptors (Lipinski definition) is 6. The van der Waals surface area contributed by atoms with Gasteiger partial charge in [0.15, 0.2) is 5.13 Å². The third-order valence-corrected chi connectivity index (χ3v) is 5.79. The highest BCUT2D eigenvalue weighted by atomic mass is 35.5. The summed E-state index contributed by atoms with van der Waals surface area (Å²) < 4.78 is 0.960. The van der Waals surface area contributed by atoms with E-state index in [-0.39, 0.29) is 5.91 Å². The predicted molar refractivity (Wildman–Crippen MR) is 119 cm³/mol. The van der Waals surface area contributed by atoms with Crippen molar-refractivity contribution in [2.45, 2.75) is 6.42 Å². The van der Waals surface area contributed by atoms with Crippen LogP contribution in [-0.2, 0) is 0 Å². The van der Waals surface area contributed by atoms with Crippen molar-refractivity contribution in [3.63, 3.8) is 0 Å². The van der Waals surface area contributed by atoms with E-state index in [0.29, 0.717) is 27.8 Å². The van der Waals surface area contributed by atoms with Crippen molar-refractivity contribution in [2.24, 2.45) is 0 Å². The average molecular weight is 426 g/mol. The molecular weight excluding hydrogens is 406 g/mol. The number of carbonyl (C=O) groups is 1. The fourth-order valence-electron chi connectivity index (χ4n) is 3.08. The third-order valence-electron chi connectivity index (χ3n) is 4.52. The average Bonchev–Trinajstić information content (AvgIpc) is 3.13. The van der Waals surface area contributed by atoms with Crippen molar-refractivity contribution in [2.75, 3.05) is 32.1 Å². The number of carbonyl (C=O) groups excluding carboxylic acids is 1. The lowest BCUT2D eigenvalue weighted by molar-refractivity contribution is 0.0986. The molecule has 4 aromatic rings. The second-order valence-corrected chi connectivity index (χ2v) is 8.43. The lowest BCUT2D eigenvalue weighted by Crippen LogP contribution is -2.33. The van der Waals surface area contributed by atoms with Crippen LogP contribution >= 0.6 is 22.9 Å². The summed E-state index contributed by atoms with van der Waals surface area (Å²) in [6.45, 7) is 1.45. The molecule has 4 rings (SSSR count). The first-order valence-corrected chi connectivity index (χ1v) is 10.4. The molecule has 0 unspecified atom stereocenters. The summed E-state index contributed by atoms with van der Waals surface area (Å²) in [4.78, 5) is 30.5. The van der Waals surface area contributed by atoms with Crippen LogP contribution in [0.4, 0.5) is 5.13 Å². The van der Waals surface area contributed by atoms with Gasteiger partial charge >= 0.3 is 0 Å². The second-order valence-electron chi connectivity index (χ2n) is 6.98. The monoisotopic (exact) mass is 425 g/mol. The van der Waals surface area contributed by atoms with Crippen molar-refractivity contribution in [1.82, 2.24) is 19.9 Å². The summed E-state index contributed by atoms with van der Waals surface area (Å²) in [5, 5.41) is 1.33. The Balaban J connectivity index is 1.70. The molecule has 0 aliphatic carbocycles. The van der Waals surface area contributed by atoms with Gasteiger partial charge in [-0.15, -0.1) is 0 Å². The Morgan fingerprint density at radius 1 is 1.00 bits per heavy atom. The molecule has 0 bridgehead atoms. The quantitative estimate of drug-likeness (QED) is 0.455. The van der Waals surface area contributed by atoms with Gasteiger partial charge in [-0.3, -0.25) is 19.7 Å². The highest BCUT2D eigenvalue weighted by molar-refractivity contribution is 7.22. The number of halogens is 1. The van der Waals surface area contributed by atoms with E-state index in [2.05, 4.69) is 19.9 Å². The number of rotatable bonds is 6. The van der Waals surface area contributed by atoms with Crippen molar-refractivity contribution >= 4 is 55.2 Å². The molecule has 2 aromatic carbocycles. The largest absolute Gasteiger partial charge is 0.309 e. The van der Waals surface area contributed by atoms with Gasteiger partial charge in [0.1, 0.15) is 0 Å². The zero-order valence-electron chi connectivity index (χ0n) is 16.2. The minimum absolute atomic E-state index is 0.0959. The molecule has 8 heteroatoms. The molecule has 0 radical (unpaired) electrons. The number of hydrogen-bond donors (Lipinski definition) is 0. The first-order chi connectivity index (χ1) is 14.0. The van der Waals surface area contributed by atoms with Crippen LogP contribution in [0.1, 0.15) is 16.8 Å². The van der Waals surface area contributed by atoms with Crippen LogP contribution < -0.4 is 4.90 Å². The Morgan fingerprint density at radius 2 is 1.76 bits per heavy atom. The van der Waals surface area contributed by atoms with Crippen LogP contribution in [0.15, 0.2) is 48.8 Å². The van der Waals surface area contributed by atoms with E-state index < -0.39 is 0 Å². The topological polar surface area (TPSA) is 62.2 Å². The van der Waals surface area contributed by atoms with Crippen molar-refractivity contribution in [3.8, 4) is 0 Å². The van der Waals surface area contributed by atoms with Crippen molar-refractivity contribution in [3.05, 3.63) is 59.4 Å². The van der Waals surface area contributed by atoms with E-state index in [0.717, 1.165) is 28.7 Å². The zero-order valence-corrected chi connectivity index (χ0v) is 17.7. The van der Waals surface area contributed by atoms with Gasteiger partial charge in [-0.1, -0.05) is 22.9 Å². The fraction of sp³-hybridized carbons (Fsp3) is 0.238. The molecule has 0 aliphatic rings. The molecule has 0 atom stereocenters. The molecule has 0 N–H and O–H groups in total. The van der Waals surface area contributed by atoms with Crippen LogP contribution in [0.5, 0.6) is 0 Å². The summed E-state index contributed by atoms with van der Waals surface area (Å²) >= 11 is 7.59. The Morgan fingerprint density at radius 3 is 2.55 bits per heavy atom. The highest BCUT2D eigenvalue weighted by Crippen LogP contribution is 2.31. The summed E-state index contributed by atoms with van der Waals surface area (Å²) in [5.74, 6) is -0.0959. The van der Waals surface area contributed by atoms with Gasteiger partial charge in [0.2, 0.25) is 0 Å². The fourth-order valence-corrected chi connectivity index (χ4v) is 4.35. The van der Waals surface area contributed by atoms with E-state index in [1.807, 2.05) is 38.4 Å². The molecule has 29 heavy (non-hydrogen) atoms. The molecule has 0 saturated carbocycles. The summed E-state index contributed by atoms with van der Waals surface area (Å²) in [5.41, 5.74) is 2.87. The highest BCUT2D eigenvalue weighted by Gasteiger charge is 2.22. The lowest BCUT2D eigenvalue weighted by atomic mass is 10.1. The van der Waals surface area contributed by atoms with E-state index in [1.165, 1.54) is 11.3 Å². The van der Waals surface area contributed by atoms with Gasteiger partial charge in [-0.05, 0) is 63.5 Å². The number of benzene rings is 2. The standard InChI is InChI=1S/C21H20ClN5OS/c1-26(2)10-3-11-27(21-25-17-7-5-15(22)13-19(17)29-21)20(28)14-4-6-16-18(12-14)24-9-8-23-16/h4-9,12-13H,3,10-11H2,1-2H3. The maximum atomic E-state index is 13.4. The predicted octanol–water partition coefficient (Wildman–Crippen LogP) is 4.49. The molecule has 1 amide bonds. The van der Waals surface area contributed by atoms with Crippen LogP contribution in [0.2, 0.25) is 5.02 Å². The van der Waals surface area contributed by atoms with E-state index in [4.69, 9.17) is 11.6 Å². The number of fused-ring (bicyclic) bond motifs is 2. The molecule has 148 valence electrons. The Labute approximate surface area is 177 Å². The smallest absolute Gasteiger partial charge is 0.260 e. The van der Waals surface area contributed by atoms with Crippen LogP contribution in [0, 0.1) is 0 Å². The molecule has 2 aromatic heterocycles. The maximum Gasteiger partial charge on any atom is 0.260 e. The van der Waals surface area contributed by atoms with Gasteiger partial charge in [-0.2, -0.15) is 0 Å². The van der Waals surface area contributed by atoms with E-state index in [9.17, 15) is 4.79 Å². The van der Waals surface area contributed by atoms with Crippen LogP contribution in [0.3, 0.4) is 0 Å². The normalized spacial score (nSPS) is 11.4. The Bertz CT molecular complexity index is 1180. The third kappa shape index (κ3) is 4.37. The Hall–Kier alpha value is -2.61. The molecule has 6 nitrogen and oxygen atoms in total. The van der Waals surface area contributed by atoms with Gasteiger partial charge in [-0.25, -0.2) is 4.98 Å². The number of thiazole rings is 1. The molecule has 0 aliphatic heterocycles. The van der Waals surface area contributed by atoms with Gasteiger partial charge in [0.25, 0.3) is 5.91 Å². The SMILES string of the molecule is CN(C)CCCN(C(=O)c1ccc2nccnc2c1)c1nc2ccc(Cl)cc2s1. The first kappa shape index (κ1) is 19.7. The number of anilines is 1. The van der Waals surface area contributed by atoms with E-state index in [1.54, 1.807) is 29.4 Å². The summed E-state index contributed by atoms with van der Waals surface area (Å²) in [6, 6.07) is 11.0. The van der Waals surface area contributed by atoms with Crippen molar-refractivity contribution < 1.29 is 4.79 Å². The summed E-state index contributed by atoms with van der Waals surface area (Å²) in [7, 11) is 4.04. The van der Waals surface area contributed by atoms with Crippen LogP contribution in [0.25, 0.3) is 21.3 Å². The van der Waals surface area contributed by atoms with Crippen LogP contribution in [-0.4, -0.2) is 52.9 Å². The molecule has 2 heterocycles. The molecule has 0 spiro atoms. The van der Waals surface area contributed by atoms with Gasteiger partial charge < -0.3 is 4.90 Å². The van der Waals surface area contributed by atoms with Gasteiger partial charge in [0, 0.05) is 29.5 Å². The Kier molecular flexibility index (Phi) is 5.71. The molecule has 0 saturated heterocycles. The molecule has 0 fully saturated rings. The second kappa shape index (κ2) is 8.41. The maximum absolute atomic E-state index is 13.4. The van der Waals surface area contributed by atoms with E-state index >= 15 is 0 Å². The zero-order chi connectivity index (χ0) is 20.4. The first-order valence-electron chi connectivity index (χ1n) is 9.25. The summed E-state index contributed by atoms with van der Waals surface area (Å²) in [6.07, 6.45) is 4.11. The number of amides is 1. The van der Waals surface area contributed by atoms with Gasteiger partial charge in [0.05, 0.1) is 21.3 Å². The number of aromatic nitrogens is 3. The number of nitrogens with zero attached hydrogens (tertiary/aromatic N) is 5. The lowest BCUT2D eigenvalue weighted by Gasteiger charge is -2.21. The van der Waals surface area contributed by atoms with Crippen molar-refractivity contribution in [1.29, 1.82) is 0 Å². The minimum Gasteiger partial charge on any atom is -0.309 e. The molecular formula is C21H20ClN5OS. The minimum atomic E-state index is -0.0959.